The minimum Gasteiger partial charge on any atom is -0.327 e. The Kier molecular flexibility index (Phi) is 3.80. The van der Waals surface area contributed by atoms with Crippen molar-refractivity contribution in [2.75, 3.05) is 0 Å². The standard InChI is InChI=1S/C12H17F2N/c1-4-12(15)8(3)9-6-10(13)7(2)5-11(9)14/h5-6,8,12H,4,15H2,1-3H3. The molecule has 1 nitrogen and oxygen atoms in total. The van der Waals surface area contributed by atoms with Crippen molar-refractivity contribution in [3.05, 3.63) is 34.9 Å². The molecule has 0 aliphatic heterocycles. The highest BCUT2D eigenvalue weighted by Crippen LogP contribution is 2.25. The Hall–Kier alpha value is -0.960. The number of benzene rings is 1. The Morgan fingerprint density at radius 3 is 2.40 bits per heavy atom. The van der Waals surface area contributed by atoms with Crippen LogP contribution in [-0.4, -0.2) is 6.04 Å². The number of hydrogen-bond acceptors (Lipinski definition) is 1. The summed E-state index contributed by atoms with van der Waals surface area (Å²) in [5.74, 6) is -0.906. The molecular weight excluding hydrogens is 196 g/mol. The lowest BCUT2D eigenvalue weighted by Gasteiger charge is -2.19. The van der Waals surface area contributed by atoms with Crippen LogP contribution < -0.4 is 5.73 Å². The number of halogens is 2. The maximum absolute atomic E-state index is 13.6. The maximum Gasteiger partial charge on any atom is 0.127 e. The van der Waals surface area contributed by atoms with Crippen molar-refractivity contribution in [3.8, 4) is 0 Å². The summed E-state index contributed by atoms with van der Waals surface area (Å²) in [6.07, 6.45) is 0.746. The van der Waals surface area contributed by atoms with E-state index in [0.717, 1.165) is 6.42 Å². The molecule has 0 saturated heterocycles. The first kappa shape index (κ1) is 12.1. The molecule has 2 unspecified atom stereocenters. The Labute approximate surface area is 89.3 Å². The molecule has 0 spiro atoms. The van der Waals surface area contributed by atoms with Crippen molar-refractivity contribution < 1.29 is 8.78 Å². The van der Waals surface area contributed by atoms with E-state index in [0.29, 0.717) is 11.1 Å². The maximum atomic E-state index is 13.6. The van der Waals surface area contributed by atoms with Gasteiger partial charge < -0.3 is 5.73 Å². The molecule has 1 aromatic carbocycles. The van der Waals surface area contributed by atoms with Crippen LogP contribution in [0, 0.1) is 18.6 Å². The summed E-state index contributed by atoms with van der Waals surface area (Å²) in [6, 6.07) is 2.34. The zero-order chi connectivity index (χ0) is 11.6. The van der Waals surface area contributed by atoms with Crippen LogP contribution in [0.25, 0.3) is 0 Å². The highest BCUT2D eigenvalue weighted by atomic mass is 19.1. The van der Waals surface area contributed by atoms with Gasteiger partial charge in [0.1, 0.15) is 11.6 Å². The van der Waals surface area contributed by atoms with Crippen molar-refractivity contribution in [3.63, 3.8) is 0 Å². The van der Waals surface area contributed by atoms with E-state index in [1.165, 1.54) is 12.1 Å². The van der Waals surface area contributed by atoms with Crippen LogP contribution in [0.2, 0.25) is 0 Å². The molecule has 0 aromatic heterocycles. The largest absolute Gasteiger partial charge is 0.327 e. The van der Waals surface area contributed by atoms with Gasteiger partial charge in [0.05, 0.1) is 0 Å². The monoisotopic (exact) mass is 213 g/mol. The number of nitrogens with two attached hydrogens (primary N) is 1. The van der Waals surface area contributed by atoms with Crippen molar-refractivity contribution in [2.24, 2.45) is 5.73 Å². The lowest BCUT2D eigenvalue weighted by atomic mass is 9.91. The molecule has 0 fully saturated rings. The second-order valence-corrected chi connectivity index (χ2v) is 3.98. The van der Waals surface area contributed by atoms with Gasteiger partial charge in [-0.1, -0.05) is 13.8 Å². The first-order valence-electron chi connectivity index (χ1n) is 5.18. The van der Waals surface area contributed by atoms with Crippen LogP contribution in [0.3, 0.4) is 0 Å². The van der Waals surface area contributed by atoms with Crippen LogP contribution >= 0.6 is 0 Å². The Morgan fingerprint density at radius 2 is 1.87 bits per heavy atom. The lowest BCUT2D eigenvalue weighted by molar-refractivity contribution is 0.507. The molecule has 2 atom stereocenters. The molecule has 1 aromatic rings. The second kappa shape index (κ2) is 4.71. The minimum atomic E-state index is -0.374. The molecule has 0 radical (unpaired) electrons. The Balaban J connectivity index is 3.09. The fourth-order valence-electron chi connectivity index (χ4n) is 1.59. The highest BCUT2D eigenvalue weighted by Gasteiger charge is 2.18. The third-order valence-corrected chi connectivity index (χ3v) is 2.88. The van der Waals surface area contributed by atoms with Gasteiger partial charge in [-0.25, -0.2) is 8.78 Å². The van der Waals surface area contributed by atoms with Gasteiger partial charge in [0.15, 0.2) is 0 Å². The predicted molar refractivity (Wildman–Crippen MR) is 57.8 cm³/mol. The fourth-order valence-corrected chi connectivity index (χ4v) is 1.59. The molecule has 0 amide bonds. The zero-order valence-corrected chi connectivity index (χ0v) is 9.35. The van der Waals surface area contributed by atoms with Gasteiger partial charge in [0, 0.05) is 6.04 Å². The molecule has 0 aliphatic rings. The molecular formula is C12H17F2N. The van der Waals surface area contributed by atoms with E-state index in [4.69, 9.17) is 5.73 Å². The normalized spacial score (nSPS) is 15.1. The quantitative estimate of drug-likeness (QED) is 0.820. The van der Waals surface area contributed by atoms with E-state index in [9.17, 15) is 8.78 Å². The second-order valence-electron chi connectivity index (χ2n) is 3.98. The van der Waals surface area contributed by atoms with Crippen LogP contribution in [0.4, 0.5) is 8.78 Å². The smallest absolute Gasteiger partial charge is 0.127 e. The predicted octanol–water partition coefficient (Wildman–Crippen LogP) is 3.11. The molecule has 3 heteroatoms. The van der Waals surface area contributed by atoms with Crippen LogP contribution in [0.15, 0.2) is 12.1 Å². The molecule has 15 heavy (non-hydrogen) atoms. The number of rotatable bonds is 3. The topological polar surface area (TPSA) is 26.0 Å². The molecule has 0 heterocycles. The summed E-state index contributed by atoms with van der Waals surface area (Å²) in [4.78, 5) is 0. The average Bonchev–Trinajstić information content (AvgIpc) is 2.21. The van der Waals surface area contributed by atoms with Crippen molar-refractivity contribution in [2.45, 2.75) is 39.2 Å². The van der Waals surface area contributed by atoms with Crippen LogP contribution in [0.5, 0.6) is 0 Å². The van der Waals surface area contributed by atoms with Crippen molar-refractivity contribution in [1.29, 1.82) is 0 Å². The molecule has 0 bridgehead atoms. The van der Waals surface area contributed by atoms with Gasteiger partial charge >= 0.3 is 0 Å². The number of aryl methyl sites for hydroxylation is 1. The van der Waals surface area contributed by atoms with Gasteiger partial charge in [-0.3, -0.25) is 0 Å². The molecule has 2 N–H and O–H groups in total. The third-order valence-electron chi connectivity index (χ3n) is 2.88. The highest BCUT2D eigenvalue weighted by molar-refractivity contribution is 5.28. The minimum absolute atomic E-state index is 0.137. The molecule has 0 saturated carbocycles. The van der Waals surface area contributed by atoms with Gasteiger partial charge in [-0.2, -0.15) is 0 Å². The van der Waals surface area contributed by atoms with Gasteiger partial charge in [0.2, 0.25) is 0 Å². The fraction of sp³-hybridized carbons (Fsp3) is 0.500. The molecule has 1 rings (SSSR count). The zero-order valence-electron chi connectivity index (χ0n) is 9.35. The van der Waals surface area contributed by atoms with Gasteiger partial charge in [-0.05, 0) is 42.5 Å². The van der Waals surface area contributed by atoms with E-state index < -0.39 is 0 Å². The lowest BCUT2D eigenvalue weighted by Crippen LogP contribution is -2.26. The summed E-state index contributed by atoms with van der Waals surface area (Å²) in [5.41, 5.74) is 6.51. The van der Waals surface area contributed by atoms with Crippen molar-refractivity contribution in [1.82, 2.24) is 0 Å². The summed E-state index contributed by atoms with van der Waals surface area (Å²) >= 11 is 0. The van der Waals surface area contributed by atoms with Crippen LogP contribution in [0.1, 0.15) is 37.3 Å². The van der Waals surface area contributed by atoms with Gasteiger partial charge in [-0.15, -0.1) is 0 Å². The van der Waals surface area contributed by atoms with E-state index in [1.807, 2.05) is 13.8 Å². The summed E-state index contributed by atoms with van der Waals surface area (Å²) in [6.45, 7) is 5.30. The van der Waals surface area contributed by atoms with Crippen LogP contribution in [-0.2, 0) is 0 Å². The average molecular weight is 213 g/mol. The van der Waals surface area contributed by atoms with E-state index in [-0.39, 0.29) is 23.6 Å². The van der Waals surface area contributed by atoms with E-state index in [1.54, 1.807) is 6.92 Å². The first-order valence-corrected chi connectivity index (χ1v) is 5.18. The third kappa shape index (κ3) is 2.53. The number of hydrogen-bond donors (Lipinski definition) is 1. The summed E-state index contributed by atoms with van der Waals surface area (Å²) < 4.78 is 26.8. The molecule has 84 valence electrons. The van der Waals surface area contributed by atoms with E-state index in [2.05, 4.69) is 0 Å². The Bertz CT molecular complexity index is 350. The van der Waals surface area contributed by atoms with Crippen molar-refractivity contribution >= 4 is 0 Å². The summed E-state index contributed by atoms with van der Waals surface area (Å²) in [7, 11) is 0. The first-order chi connectivity index (χ1) is 6.97. The Morgan fingerprint density at radius 1 is 1.27 bits per heavy atom. The van der Waals surface area contributed by atoms with Gasteiger partial charge in [0.25, 0.3) is 0 Å². The SMILES string of the molecule is CCC(N)C(C)c1cc(F)c(C)cc1F. The molecule has 0 aliphatic carbocycles. The van der Waals surface area contributed by atoms with E-state index >= 15 is 0 Å². The summed E-state index contributed by atoms with van der Waals surface area (Å²) in [5, 5.41) is 0.